The maximum absolute atomic E-state index is 9.54. The highest BCUT2D eigenvalue weighted by molar-refractivity contribution is 5.32. The number of aliphatic hydroxyl groups excluding tert-OH is 1. The second-order valence-electron chi connectivity index (χ2n) is 9.31. The molecule has 0 aliphatic rings. The number of ether oxygens (including phenoxy) is 3. The molecular weight excluding hydrogens is 412 g/mol. The average molecular weight is 465 g/mol. The highest BCUT2D eigenvalue weighted by atomic mass is 16.5. The molecule has 33 heavy (non-hydrogen) atoms. The molecule has 1 aromatic rings. The molecule has 0 aliphatic carbocycles. The van der Waals surface area contributed by atoms with E-state index in [0.717, 1.165) is 24.3 Å². The minimum absolute atomic E-state index is 0.0336. The van der Waals surface area contributed by atoms with Gasteiger partial charge in [0.15, 0.2) is 0 Å². The third kappa shape index (κ3) is 17.1. The van der Waals surface area contributed by atoms with Gasteiger partial charge >= 0.3 is 0 Å². The zero-order valence-corrected chi connectivity index (χ0v) is 21.7. The molecule has 0 bridgehead atoms. The van der Waals surface area contributed by atoms with Gasteiger partial charge < -0.3 is 19.3 Å². The van der Waals surface area contributed by atoms with Crippen LogP contribution in [0.5, 0.6) is 5.75 Å². The highest BCUT2D eigenvalue weighted by Crippen LogP contribution is 2.19. The Morgan fingerprint density at radius 1 is 0.727 bits per heavy atom. The summed E-state index contributed by atoms with van der Waals surface area (Å²) in [7, 11) is 1.66. The second-order valence-corrected chi connectivity index (χ2v) is 9.31. The van der Waals surface area contributed by atoms with Crippen LogP contribution in [0.3, 0.4) is 0 Å². The van der Waals surface area contributed by atoms with E-state index < -0.39 is 0 Å². The number of para-hydroxylation sites is 1. The first-order valence-electron chi connectivity index (χ1n) is 13.7. The lowest BCUT2D eigenvalue weighted by Crippen LogP contribution is -2.24. The Bertz CT molecular complexity index is 534. The van der Waals surface area contributed by atoms with Crippen LogP contribution in [0.25, 0.3) is 0 Å². The minimum Gasteiger partial charge on any atom is -0.496 e. The van der Waals surface area contributed by atoms with E-state index in [1.165, 1.54) is 96.3 Å². The van der Waals surface area contributed by atoms with E-state index in [1.807, 2.05) is 24.3 Å². The zero-order chi connectivity index (χ0) is 23.8. The fraction of sp³-hybridized carbons (Fsp3) is 0.793. The number of unbranched alkanes of at least 4 members (excludes halogenated alkanes) is 15. The van der Waals surface area contributed by atoms with Gasteiger partial charge in [0.05, 0.1) is 26.9 Å². The van der Waals surface area contributed by atoms with E-state index in [-0.39, 0.29) is 12.7 Å². The molecule has 0 fully saturated rings. The zero-order valence-electron chi connectivity index (χ0n) is 21.7. The molecule has 0 radical (unpaired) electrons. The first-order chi connectivity index (χ1) is 16.3. The quantitative estimate of drug-likeness (QED) is 0.158. The second kappa shape index (κ2) is 22.7. The number of methoxy groups -OCH3 is 1. The predicted octanol–water partition coefficient (Wildman–Crippen LogP) is 7.85. The lowest BCUT2D eigenvalue weighted by molar-refractivity contribution is -0.0506. The standard InChI is InChI=1S/C29H52O4/c1-3-4-5-6-7-8-9-10-11-12-13-14-15-16-17-20-23-32-26-28(24-30)33-25-27-21-18-19-22-29(27)31-2/h18-19,21-22,28,30H,3-17,20,23-26H2,1-2H3. The van der Waals surface area contributed by atoms with Crippen molar-refractivity contribution in [2.75, 3.05) is 26.9 Å². The topological polar surface area (TPSA) is 47.9 Å². The van der Waals surface area contributed by atoms with Crippen molar-refractivity contribution in [3.05, 3.63) is 29.8 Å². The lowest BCUT2D eigenvalue weighted by Gasteiger charge is -2.17. The van der Waals surface area contributed by atoms with Gasteiger partial charge in [0.1, 0.15) is 11.9 Å². The Balaban J connectivity index is 1.85. The maximum Gasteiger partial charge on any atom is 0.124 e. The summed E-state index contributed by atoms with van der Waals surface area (Å²) in [5.41, 5.74) is 0.983. The van der Waals surface area contributed by atoms with Crippen LogP contribution in [0.2, 0.25) is 0 Å². The van der Waals surface area contributed by atoms with Crippen molar-refractivity contribution in [2.45, 2.75) is 122 Å². The Labute approximate surface area is 204 Å². The first-order valence-corrected chi connectivity index (χ1v) is 13.7. The summed E-state index contributed by atoms with van der Waals surface area (Å²) in [6, 6.07) is 7.79. The number of hydrogen-bond donors (Lipinski definition) is 1. The highest BCUT2D eigenvalue weighted by Gasteiger charge is 2.10. The van der Waals surface area contributed by atoms with Crippen LogP contribution in [0.1, 0.15) is 115 Å². The molecule has 0 heterocycles. The number of benzene rings is 1. The fourth-order valence-electron chi connectivity index (χ4n) is 4.15. The Kier molecular flexibility index (Phi) is 20.6. The van der Waals surface area contributed by atoms with Crippen LogP contribution in [0.15, 0.2) is 24.3 Å². The molecule has 0 saturated heterocycles. The van der Waals surface area contributed by atoms with Crippen molar-refractivity contribution in [1.29, 1.82) is 0 Å². The molecule has 1 aromatic carbocycles. The summed E-state index contributed by atoms with van der Waals surface area (Å²) in [4.78, 5) is 0. The van der Waals surface area contributed by atoms with Crippen molar-refractivity contribution in [3.8, 4) is 5.75 Å². The van der Waals surface area contributed by atoms with Crippen LogP contribution in [0, 0.1) is 0 Å². The molecule has 1 rings (SSSR count). The van der Waals surface area contributed by atoms with Gasteiger partial charge in [0, 0.05) is 12.2 Å². The van der Waals surface area contributed by atoms with Crippen LogP contribution in [0.4, 0.5) is 0 Å². The van der Waals surface area contributed by atoms with Gasteiger partial charge in [0.25, 0.3) is 0 Å². The van der Waals surface area contributed by atoms with E-state index in [4.69, 9.17) is 14.2 Å². The summed E-state index contributed by atoms with van der Waals surface area (Å²) in [6.07, 6.45) is 21.7. The smallest absolute Gasteiger partial charge is 0.124 e. The first kappa shape index (κ1) is 29.9. The molecule has 0 aromatic heterocycles. The van der Waals surface area contributed by atoms with Crippen molar-refractivity contribution >= 4 is 0 Å². The van der Waals surface area contributed by atoms with Gasteiger partial charge in [-0.3, -0.25) is 0 Å². The van der Waals surface area contributed by atoms with Crippen LogP contribution >= 0.6 is 0 Å². The molecule has 1 unspecified atom stereocenters. The average Bonchev–Trinajstić information content (AvgIpc) is 2.85. The van der Waals surface area contributed by atoms with Gasteiger partial charge in [-0.2, -0.15) is 0 Å². The maximum atomic E-state index is 9.54. The third-order valence-electron chi connectivity index (χ3n) is 6.32. The van der Waals surface area contributed by atoms with Gasteiger partial charge in [-0.05, 0) is 12.5 Å². The largest absolute Gasteiger partial charge is 0.496 e. The fourth-order valence-corrected chi connectivity index (χ4v) is 4.15. The molecule has 0 aliphatic heterocycles. The monoisotopic (exact) mass is 464 g/mol. The van der Waals surface area contributed by atoms with E-state index in [1.54, 1.807) is 7.11 Å². The third-order valence-corrected chi connectivity index (χ3v) is 6.32. The lowest BCUT2D eigenvalue weighted by atomic mass is 10.0. The van der Waals surface area contributed by atoms with Gasteiger partial charge in [-0.15, -0.1) is 0 Å². The Morgan fingerprint density at radius 2 is 1.24 bits per heavy atom. The Hall–Kier alpha value is -1.10. The predicted molar refractivity (Wildman–Crippen MR) is 139 cm³/mol. The molecule has 4 heteroatoms. The van der Waals surface area contributed by atoms with Gasteiger partial charge in [0.2, 0.25) is 0 Å². The summed E-state index contributed by atoms with van der Waals surface area (Å²) >= 11 is 0. The number of hydrogen-bond acceptors (Lipinski definition) is 4. The Morgan fingerprint density at radius 3 is 1.76 bits per heavy atom. The van der Waals surface area contributed by atoms with Crippen molar-refractivity contribution in [1.82, 2.24) is 0 Å². The minimum atomic E-state index is -0.295. The van der Waals surface area contributed by atoms with E-state index in [2.05, 4.69) is 6.92 Å². The van der Waals surface area contributed by atoms with E-state index in [9.17, 15) is 5.11 Å². The SMILES string of the molecule is CCCCCCCCCCCCCCCCCCOCC(CO)OCc1ccccc1OC. The number of rotatable bonds is 24. The van der Waals surface area contributed by atoms with Crippen LogP contribution < -0.4 is 4.74 Å². The summed E-state index contributed by atoms with van der Waals surface area (Å²) in [5, 5.41) is 9.54. The van der Waals surface area contributed by atoms with Crippen LogP contribution in [-0.4, -0.2) is 38.1 Å². The molecule has 4 nitrogen and oxygen atoms in total. The van der Waals surface area contributed by atoms with E-state index in [0.29, 0.717) is 13.2 Å². The normalized spacial score (nSPS) is 12.2. The van der Waals surface area contributed by atoms with Crippen molar-refractivity contribution in [2.24, 2.45) is 0 Å². The molecule has 0 saturated carbocycles. The summed E-state index contributed by atoms with van der Waals surface area (Å²) in [5.74, 6) is 0.809. The molecule has 0 amide bonds. The molecule has 1 atom stereocenters. The van der Waals surface area contributed by atoms with E-state index >= 15 is 0 Å². The van der Waals surface area contributed by atoms with Crippen LogP contribution in [-0.2, 0) is 16.1 Å². The molecule has 192 valence electrons. The number of aliphatic hydroxyl groups is 1. The van der Waals surface area contributed by atoms with Crippen molar-refractivity contribution < 1.29 is 19.3 Å². The summed E-state index contributed by atoms with van der Waals surface area (Å²) in [6.45, 7) is 3.84. The molecule has 0 spiro atoms. The van der Waals surface area contributed by atoms with Gasteiger partial charge in [-0.25, -0.2) is 0 Å². The molecule has 1 N–H and O–H groups in total. The summed E-state index contributed by atoms with van der Waals surface area (Å²) < 4.78 is 16.9. The molecular formula is C29H52O4. The van der Waals surface area contributed by atoms with Crippen molar-refractivity contribution in [3.63, 3.8) is 0 Å². The van der Waals surface area contributed by atoms with Gasteiger partial charge in [-0.1, -0.05) is 121 Å².